The molecule has 0 aliphatic rings. The summed E-state index contributed by atoms with van der Waals surface area (Å²) in [5.74, 6) is 0. The Labute approximate surface area is 82.2 Å². The third-order valence-corrected chi connectivity index (χ3v) is 2.10. The molecule has 0 radical (unpaired) electrons. The van der Waals surface area contributed by atoms with Gasteiger partial charge in [-0.3, -0.25) is 4.68 Å². The fourth-order valence-electron chi connectivity index (χ4n) is 1.39. The number of hydrogen-bond donors (Lipinski definition) is 2. The van der Waals surface area contributed by atoms with Crippen LogP contribution in [0.3, 0.4) is 0 Å². The van der Waals surface area contributed by atoms with Crippen LogP contribution in [0.1, 0.15) is 17.4 Å². The second kappa shape index (κ2) is 3.67. The van der Waals surface area contributed by atoms with Crippen LogP contribution in [0.2, 0.25) is 0 Å². The molecule has 2 heterocycles. The molecule has 0 aliphatic carbocycles. The third-order valence-electron chi connectivity index (χ3n) is 2.10. The molecule has 0 amide bonds. The van der Waals surface area contributed by atoms with E-state index in [4.69, 9.17) is 0 Å². The van der Waals surface area contributed by atoms with Crippen molar-refractivity contribution in [2.75, 3.05) is 0 Å². The van der Waals surface area contributed by atoms with E-state index in [0.717, 1.165) is 11.3 Å². The van der Waals surface area contributed by atoms with Crippen molar-refractivity contribution >= 4 is 0 Å². The predicted octanol–water partition coefficient (Wildman–Crippen LogP) is 1.25. The second-order valence-corrected chi connectivity index (χ2v) is 3.38. The van der Waals surface area contributed by atoms with Crippen LogP contribution in [0.25, 0.3) is 0 Å². The van der Waals surface area contributed by atoms with Gasteiger partial charge in [-0.1, -0.05) is 0 Å². The number of nitrogens with zero attached hydrogens (tertiary/aromatic N) is 2. The van der Waals surface area contributed by atoms with E-state index in [1.165, 1.54) is 0 Å². The standard InChI is InChI=1S/C10H13N3O/c1-8-5-12-13(6-8)7-10(14)9-3-2-4-11-9/h2-6,10-11,14H,7H2,1H3. The molecular weight excluding hydrogens is 178 g/mol. The highest BCUT2D eigenvalue weighted by atomic mass is 16.3. The van der Waals surface area contributed by atoms with Gasteiger partial charge in [-0.15, -0.1) is 0 Å². The van der Waals surface area contributed by atoms with Gasteiger partial charge >= 0.3 is 0 Å². The molecule has 14 heavy (non-hydrogen) atoms. The van der Waals surface area contributed by atoms with E-state index >= 15 is 0 Å². The minimum absolute atomic E-state index is 0.481. The van der Waals surface area contributed by atoms with Crippen molar-refractivity contribution < 1.29 is 5.11 Å². The van der Waals surface area contributed by atoms with Crippen LogP contribution in [-0.2, 0) is 6.54 Å². The van der Waals surface area contributed by atoms with E-state index in [2.05, 4.69) is 10.1 Å². The lowest BCUT2D eigenvalue weighted by atomic mass is 10.2. The fraction of sp³-hybridized carbons (Fsp3) is 0.300. The van der Waals surface area contributed by atoms with Crippen LogP contribution in [-0.4, -0.2) is 19.9 Å². The molecule has 0 bridgehead atoms. The topological polar surface area (TPSA) is 53.8 Å². The zero-order chi connectivity index (χ0) is 9.97. The summed E-state index contributed by atoms with van der Waals surface area (Å²) in [5, 5.41) is 13.9. The number of aromatic amines is 1. The first kappa shape index (κ1) is 9.02. The molecule has 1 unspecified atom stereocenters. The molecule has 0 saturated carbocycles. The van der Waals surface area contributed by atoms with Crippen LogP contribution in [0.4, 0.5) is 0 Å². The number of H-pyrrole nitrogens is 1. The summed E-state index contributed by atoms with van der Waals surface area (Å²) in [5.41, 5.74) is 1.92. The normalized spacial score (nSPS) is 13.0. The van der Waals surface area contributed by atoms with Crippen LogP contribution < -0.4 is 0 Å². The fourth-order valence-corrected chi connectivity index (χ4v) is 1.39. The van der Waals surface area contributed by atoms with Gasteiger partial charge in [0.1, 0.15) is 6.10 Å². The van der Waals surface area contributed by atoms with Gasteiger partial charge in [0.2, 0.25) is 0 Å². The first-order valence-corrected chi connectivity index (χ1v) is 4.56. The minimum Gasteiger partial charge on any atom is -0.385 e. The molecule has 2 aromatic heterocycles. The molecule has 2 aromatic rings. The monoisotopic (exact) mass is 191 g/mol. The molecule has 1 atom stereocenters. The van der Waals surface area contributed by atoms with E-state index in [9.17, 15) is 5.11 Å². The molecule has 0 aliphatic heterocycles. The Morgan fingerprint density at radius 1 is 1.64 bits per heavy atom. The van der Waals surface area contributed by atoms with Crippen molar-refractivity contribution in [3.05, 3.63) is 42.0 Å². The Kier molecular flexibility index (Phi) is 2.37. The average molecular weight is 191 g/mol. The van der Waals surface area contributed by atoms with Gasteiger partial charge in [-0.05, 0) is 24.6 Å². The maximum atomic E-state index is 9.78. The average Bonchev–Trinajstić information content (AvgIpc) is 2.75. The zero-order valence-corrected chi connectivity index (χ0v) is 8.01. The van der Waals surface area contributed by atoms with E-state index in [1.54, 1.807) is 17.1 Å². The Bertz CT molecular complexity index is 391. The van der Waals surface area contributed by atoms with Gasteiger partial charge < -0.3 is 10.1 Å². The molecule has 0 saturated heterocycles. The summed E-state index contributed by atoms with van der Waals surface area (Å²) in [7, 11) is 0. The van der Waals surface area contributed by atoms with Crippen molar-refractivity contribution in [2.24, 2.45) is 0 Å². The molecule has 0 fully saturated rings. The maximum absolute atomic E-state index is 9.78. The summed E-state index contributed by atoms with van der Waals surface area (Å²) in [4.78, 5) is 2.97. The summed E-state index contributed by atoms with van der Waals surface area (Å²) in [6.07, 6.45) is 4.96. The highest BCUT2D eigenvalue weighted by molar-refractivity contribution is 5.07. The van der Waals surface area contributed by atoms with Gasteiger partial charge in [0.15, 0.2) is 0 Å². The Hall–Kier alpha value is -1.55. The van der Waals surface area contributed by atoms with Crippen LogP contribution in [0.5, 0.6) is 0 Å². The number of aromatic nitrogens is 3. The Morgan fingerprint density at radius 2 is 2.50 bits per heavy atom. The van der Waals surface area contributed by atoms with Crippen molar-refractivity contribution in [1.29, 1.82) is 0 Å². The Balaban J connectivity index is 2.05. The second-order valence-electron chi connectivity index (χ2n) is 3.38. The number of rotatable bonds is 3. The largest absolute Gasteiger partial charge is 0.385 e. The molecular formula is C10H13N3O. The number of aryl methyl sites for hydroxylation is 1. The van der Waals surface area contributed by atoms with Gasteiger partial charge in [-0.25, -0.2) is 0 Å². The quantitative estimate of drug-likeness (QED) is 0.767. The highest BCUT2D eigenvalue weighted by Crippen LogP contribution is 2.11. The van der Waals surface area contributed by atoms with Crippen LogP contribution in [0.15, 0.2) is 30.7 Å². The van der Waals surface area contributed by atoms with Gasteiger partial charge in [0.25, 0.3) is 0 Å². The molecule has 0 aromatic carbocycles. The molecule has 4 heteroatoms. The van der Waals surface area contributed by atoms with Gasteiger partial charge in [-0.2, -0.15) is 5.10 Å². The summed E-state index contributed by atoms with van der Waals surface area (Å²) in [6.45, 7) is 2.46. The lowest BCUT2D eigenvalue weighted by molar-refractivity contribution is 0.147. The number of nitrogens with one attached hydrogen (secondary N) is 1. The van der Waals surface area contributed by atoms with Crippen molar-refractivity contribution in [3.63, 3.8) is 0 Å². The zero-order valence-electron chi connectivity index (χ0n) is 8.01. The van der Waals surface area contributed by atoms with Crippen molar-refractivity contribution in [3.8, 4) is 0 Å². The molecule has 4 nitrogen and oxygen atoms in total. The lowest BCUT2D eigenvalue weighted by Crippen LogP contribution is -2.09. The summed E-state index contributed by atoms with van der Waals surface area (Å²) >= 11 is 0. The lowest BCUT2D eigenvalue weighted by Gasteiger charge is -2.08. The van der Waals surface area contributed by atoms with Crippen molar-refractivity contribution in [1.82, 2.24) is 14.8 Å². The highest BCUT2D eigenvalue weighted by Gasteiger charge is 2.08. The molecule has 2 N–H and O–H groups in total. The van der Waals surface area contributed by atoms with E-state index in [1.807, 2.05) is 25.3 Å². The van der Waals surface area contributed by atoms with E-state index < -0.39 is 6.10 Å². The summed E-state index contributed by atoms with van der Waals surface area (Å²) < 4.78 is 1.74. The van der Waals surface area contributed by atoms with Crippen LogP contribution >= 0.6 is 0 Å². The van der Waals surface area contributed by atoms with E-state index in [-0.39, 0.29) is 0 Å². The van der Waals surface area contributed by atoms with Gasteiger partial charge in [0, 0.05) is 18.1 Å². The number of aliphatic hydroxyl groups excluding tert-OH is 1. The third kappa shape index (κ3) is 1.85. The smallest absolute Gasteiger partial charge is 0.113 e. The molecule has 0 spiro atoms. The molecule has 74 valence electrons. The molecule has 2 rings (SSSR count). The first-order valence-electron chi connectivity index (χ1n) is 4.56. The summed E-state index contributed by atoms with van der Waals surface area (Å²) in [6, 6.07) is 3.73. The maximum Gasteiger partial charge on any atom is 0.113 e. The van der Waals surface area contributed by atoms with E-state index in [0.29, 0.717) is 6.54 Å². The predicted molar refractivity (Wildman–Crippen MR) is 52.7 cm³/mol. The first-order chi connectivity index (χ1) is 6.75. The van der Waals surface area contributed by atoms with Gasteiger partial charge in [0.05, 0.1) is 12.7 Å². The van der Waals surface area contributed by atoms with Crippen LogP contribution in [0, 0.1) is 6.92 Å². The SMILES string of the molecule is Cc1cnn(CC(O)c2ccc[nH]2)c1. The minimum atomic E-state index is -0.524. The van der Waals surface area contributed by atoms with Crippen molar-refractivity contribution in [2.45, 2.75) is 19.6 Å². The Morgan fingerprint density at radius 3 is 3.07 bits per heavy atom. The number of aliphatic hydroxyl groups is 1. The number of hydrogen-bond acceptors (Lipinski definition) is 2.